The van der Waals surface area contributed by atoms with E-state index < -0.39 is 0 Å². The van der Waals surface area contributed by atoms with E-state index in [4.69, 9.17) is 0 Å². The largest absolute Gasteiger partial charge is 0.333 e. The van der Waals surface area contributed by atoms with Gasteiger partial charge < -0.3 is 4.48 Å². The van der Waals surface area contributed by atoms with Crippen LogP contribution in [0.5, 0.6) is 0 Å². The quantitative estimate of drug-likeness (QED) is 0.460. The standard InChI is InChI=1S/C5H8O2.C4H12N/c1-4(6)3-5(2)7;1-5(2,3)4/h3H2,1-2H3;1-4H3/q;+1. The molecular weight excluding hydrogens is 154 g/mol. The van der Waals surface area contributed by atoms with Crippen molar-refractivity contribution in [3.63, 3.8) is 0 Å². The summed E-state index contributed by atoms with van der Waals surface area (Å²) in [7, 11) is 8.50. The minimum Gasteiger partial charge on any atom is -0.333 e. The van der Waals surface area contributed by atoms with Crippen molar-refractivity contribution < 1.29 is 14.1 Å². The maximum atomic E-state index is 10.0. The molecule has 0 rings (SSSR count). The Morgan fingerprint density at radius 1 is 0.917 bits per heavy atom. The van der Waals surface area contributed by atoms with E-state index in [9.17, 15) is 9.59 Å². The van der Waals surface area contributed by atoms with E-state index in [0.29, 0.717) is 0 Å². The van der Waals surface area contributed by atoms with E-state index in [0.717, 1.165) is 4.48 Å². The molecule has 0 aromatic rings. The van der Waals surface area contributed by atoms with Crippen LogP contribution in [0.2, 0.25) is 0 Å². The molecule has 12 heavy (non-hydrogen) atoms. The lowest BCUT2D eigenvalue weighted by Crippen LogP contribution is -2.27. The fourth-order valence-electron chi connectivity index (χ4n) is 0.351. The summed E-state index contributed by atoms with van der Waals surface area (Å²) in [6, 6.07) is 0. The third-order valence-electron chi connectivity index (χ3n) is 0.498. The topological polar surface area (TPSA) is 34.1 Å². The first-order valence-electron chi connectivity index (χ1n) is 3.90. The van der Waals surface area contributed by atoms with Gasteiger partial charge >= 0.3 is 0 Å². The maximum Gasteiger partial charge on any atom is 0.137 e. The Morgan fingerprint density at radius 3 is 1.08 bits per heavy atom. The van der Waals surface area contributed by atoms with Gasteiger partial charge in [0.1, 0.15) is 11.6 Å². The average Bonchev–Trinajstić information content (AvgIpc) is 1.52. The minimum absolute atomic E-state index is 0.0625. The van der Waals surface area contributed by atoms with Crippen molar-refractivity contribution >= 4 is 11.6 Å². The summed E-state index contributed by atoms with van der Waals surface area (Å²) in [4.78, 5) is 20.1. The van der Waals surface area contributed by atoms with Crippen LogP contribution in [0.4, 0.5) is 0 Å². The lowest BCUT2D eigenvalue weighted by molar-refractivity contribution is -0.849. The number of ketones is 2. The monoisotopic (exact) mass is 174 g/mol. The molecule has 3 nitrogen and oxygen atoms in total. The van der Waals surface area contributed by atoms with Crippen LogP contribution in [0.1, 0.15) is 20.3 Å². The molecule has 0 aliphatic carbocycles. The first-order valence-corrected chi connectivity index (χ1v) is 3.90. The van der Waals surface area contributed by atoms with Gasteiger partial charge in [0, 0.05) is 0 Å². The molecule has 0 fully saturated rings. The van der Waals surface area contributed by atoms with Crippen LogP contribution in [0, 0.1) is 0 Å². The van der Waals surface area contributed by atoms with Crippen LogP contribution in [0.25, 0.3) is 0 Å². The molecule has 0 aliphatic rings. The average molecular weight is 174 g/mol. The van der Waals surface area contributed by atoms with Gasteiger partial charge in [-0.15, -0.1) is 0 Å². The van der Waals surface area contributed by atoms with E-state index in [2.05, 4.69) is 28.2 Å². The molecule has 0 aliphatic heterocycles. The first-order chi connectivity index (χ1) is 5.13. The van der Waals surface area contributed by atoms with E-state index in [1.54, 1.807) is 0 Å². The second-order valence-electron chi connectivity index (χ2n) is 4.26. The number of rotatable bonds is 2. The maximum absolute atomic E-state index is 10.0. The van der Waals surface area contributed by atoms with E-state index >= 15 is 0 Å². The number of nitrogens with zero attached hydrogens (tertiary/aromatic N) is 1. The molecule has 0 radical (unpaired) electrons. The van der Waals surface area contributed by atoms with Gasteiger partial charge in [-0.3, -0.25) is 9.59 Å². The zero-order valence-electron chi connectivity index (χ0n) is 8.97. The van der Waals surface area contributed by atoms with Gasteiger partial charge in [-0.05, 0) is 13.8 Å². The second-order valence-corrected chi connectivity index (χ2v) is 4.26. The Labute approximate surface area is 75.0 Å². The summed E-state index contributed by atoms with van der Waals surface area (Å²) < 4.78 is 1.00. The van der Waals surface area contributed by atoms with Crippen LogP contribution in [-0.2, 0) is 9.59 Å². The number of quaternary nitrogens is 1. The van der Waals surface area contributed by atoms with Crippen molar-refractivity contribution in [3.8, 4) is 0 Å². The molecule has 0 heterocycles. The van der Waals surface area contributed by atoms with Crippen molar-refractivity contribution in [2.75, 3.05) is 28.2 Å². The lowest BCUT2D eigenvalue weighted by atomic mass is 10.2. The lowest BCUT2D eigenvalue weighted by Gasteiger charge is -2.14. The highest BCUT2D eigenvalue weighted by atomic mass is 16.1. The van der Waals surface area contributed by atoms with Crippen molar-refractivity contribution in [2.24, 2.45) is 0 Å². The van der Waals surface area contributed by atoms with Crippen LogP contribution < -0.4 is 0 Å². The third kappa shape index (κ3) is 58.8. The Kier molecular flexibility index (Phi) is 6.80. The summed E-state index contributed by atoms with van der Waals surface area (Å²) in [5.41, 5.74) is 0. The second kappa shape index (κ2) is 5.89. The van der Waals surface area contributed by atoms with E-state index in [1.165, 1.54) is 13.8 Å². The van der Waals surface area contributed by atoms with Gasteiger partial charge in [-0.1, -0.05) is 0 Å². The fraction of sp³-hybridized carbons (Fsp3) is 0.778. The molecule has 0 unspecified atom stereocenters. The molecule has 0 amide bonds. The smallest absolute Gasteiger partial charge is 0.137 e. The Bertz CT molecular complexity index is 138. The van der Waals surface area contributed by atoms with Crippen LogP contribution in [0.15, 0.2) is 0 Å². The molecule has 0 atom stereocenters. The van der Waals surface area contributed by atoms with Crippen molar-refractivity contribution in [2.45, 2.75) is 20.3 Å². The van der Waals surface area contributed by atoms with Crippen molar-refractivity contribution in [1.29, 1.82) is 0 Å². The molecule has 0 aromatic heterocycles. The highest BCUT2D eigenvalue weighted by Crippen LogP contribution is 1.80. The molecule has 0 spiro atoms. The Hall–Kier alpha value is -0.700. The predicted molar refractivity (Wildman–Crippen MR) is 49.9 cm³/mol. The van der Waals surface area contributed by atoms with Crippen LogP contribution >= 0.6 is 0 Å². The molecule has 0 N–H and O–H groups in total. The van der Waals surface area contributed by atoms with Gasteiger partial charge in [0.25, 0.3) is 0 Å². The van der Waals surface area contributed by atoms with Gasteiger partial charge in [0.15, 0.2) is 0 Å². The summed E-state index contributed by atoms with van der Waals surface area (Å²) in [6.45, 7) is 2.81. The zero-order valence-corrected chi connectivity index (χ0v) is 8.97. The SMILES string of the molecule is CC(=O)CC(C)=O.C[N+](C)(C)C. The summed E-state index contributed by atoms with van der Waals surface area (Å²) >= 11 is 0. The van der Waals surface area contributed by atoms with Crippen molar-refractivity contribution in [1.82, 2.24) is 0 Å². The Morgan fingerprint density at radius 2 is 1.08 bits per heavy atom. The minimum atomic E-state index is -0.0625. The molecule has 0 saturated heterocycles. The molecule has 0 bridgehead atoms. The van der Waals surface area contributed by atoms with Gasteiger partial charge in [0.2, 0.25) is 0 Å². The predicted octanol–water partition coefficient (Wildman–Crippen LogP) is 0.877. The van der Waals surface area contributed by atoms with Crippen molar-refractivity contribution in [3.05, 3.63) is 0 Å². The number of Topliss-reactive ketones (excluding diaryl/α,β-unsaturated/α-hetero) is 2. The molecule has 0 saturated carbocycles. The molecular formula is C9H20NO2+. The number of carbonyl (C=O) groups excluding carboxylic acids is 2. The summed E-state index contributed by atoms with van der Waals surface area (Å²) in [5, 5.41) is 0. The van der Waals surface area contributed by atoms with Gasteiger partial charge in [-0.2, -0.15) is 0 Å². The fourth-order valence-corrected chi connectivity index (χ4v) is 0.351. The summed E-state index contributed by atoms with van der Waals surface area (Å²) in [5.74, 6) is -0.125. The molecule has 72 valence electrons. The normalized spacial score (nSPS) is 9.83. The molecule has 3 heteroatoms. The van der Waals surface area contributed by atoms with Crippen LogP contribution in [0.3, 0.4) is 0 Å². The first kappa shape index (κ1) is 13.9. The Balaban J connectivity index is 0. The van der Waals surface area contributed by atoms with E-state index in [1.807, 2.05) is 0 Å². The highest BCUT2D eigenvalue weighted by molar-refractivity contribution is 5.96. The van der Waals surface area contributed by atoms with Crippen LogP contribution in [-0.4, -0.2) is 44.2 Å². The highest BCUT2D eigenvalue weighted by Gasteiger charge is 1.94. The number of carbonyl (C=O) groups is 2. The summed E-state index contributed by atoms with van der Waals surface area (Å²) in [6.07, 6.45) is 0.0833. The zero-order chi connectivity index (χ0) is 10.4. The van der Waals surface area contributed by atoms with Gasteiger partial charge in [0.05, 0.1) is 34.6 Å². The number of hydrogen-bond acceptors (Lipinski definition) is 2. The van der Waals surface area contributed by atoms with Gasteiger partial charge in [-0.25, -0.2) is 0 Å². The third-order valence-corrected chi connectivity index (χ3v) is 0.498. The molecule has 0 aromatic carbocycles. The van der Waals surface area contributed by atoms with E-state index in [-0.39, 0.29) is 18.0 Å². The number of hydrogen-bond donors (Lipinski definition) is 0.